The first-order valence-electron chi connectivity index (χ1n) is 7.81. The first kappa shape index (κ1) is 17.8. The van der Waals surface area contributed by atoms with Crippen molar-refractivity contribution >= 4 is 51.5 Å². The van der Waals surface area contributed by atoms with E-state index in [2.05, 4.69) is 0 Å². The van der Waals surface area contributed by atoms with E-state index in [4.69, 9.17) is 32.4 Å². The summed E-state index contributed by atoms with van der Waals surface area (Å²) in [6.07, 6.45) is 0. The molecule has 0 atom stereocenters. The molecule has 0 aliphatic rings. The van der Waals surface area contributed by atoms with E-state index < -0.39 is 11.4 Å². The smallest absolute Gasteiger partial charge is 0.353 e. The average molecular weight is 417 g/mol. The molecule has 0 bridgehead atoms. The van der Waals surface area contributed by atoms with Gasteiger partial charge in [0.05, 0.1) is 10.4 Å². The number of benzene rings is 2. The minimum absolute atomic E-state index is 0.0743. The Bertz CT molecular complexity index is 1210. The lowest BCUT2D eigenvalue weighted by Gasteiger charge is -2.11. The van der Waals surface area contributed by atoms with Crippen LogP contribution in [0.4, 0.5) is 0 Å². The molecule has 27 heavy (non-hydrogen) atoms. The predicted molar refractivity (Wildman–Crippen MR) is 107 cm³/mol. The molecule has 2 aromatic heterocycles. The second-order valence-corrected chi connectivity index (χ2v) is 7.37. The highest BCUT2D eigenvalue weighted by molar-refractivity contribution is 7.12. The SMILES string of the molecule is O=C(Oc1c(-c2ccc(Cl)cc2Cl)oc2ccccc2c1=O)c1cccs1. The van der Waals surface area contributed by atoms with Crippen LogP contribution in [-0.4, -0.2) is 5.97 Å². The average Bonchev–Trinajstić information content (AvgIpc) is 3.19. The topological polar surface area (TPSA) is 56.5 Å². The third-order valence-corrected chi connectivity index (χ3v) is 5.25. The highest BCUT2D eigenvalue weighted by Crippen LogP contribution is 2.37. The van der Waals surface area contributed by atoms with Gasteiger partial charge in [0.1, 0.15) is 10.5 Å². The summed E-state index contributed by atoms with van der Waals surface area (Å²) in [6.45, 7) is 0. The quantitative estimate of drug-likeness (QED) is 0.381. The molecule has 0 amide bonds. The molecular formula is C20H10Cl2O4S. The number of halogens is 2. The first-order chi connectivity index (χ1) is 13.0. The van der Waals surface area contributed by atoms with Gasteiger partial charge < -0.3 is 9.15 Å². The molecule has 0 aliphatic carbocycles. The van der Waals surface area contributed by atoms with Crippen LogP contribution in [0.3, 0.4) is 0 Å². The molecule has 0 saturated heterocycles. The van der Waals surface area contributed by atoms with E-state index in [9.17, 15) is 9.59 Å². The first-order valence-corrected chi connectivity index (χ1v) is 9.45. The Balaban J connectivity index is 1.95. The second-order valence-electron chi connectivity index (χ2n) is 5.58. The van der Waals surface area contributed by atoms with E-state index in [-0.39, 0.29) is 16.5 Å². The molecule has 7 heteroatoms. The van der Waals surface area contributed by atoms with Gasteiger partial charge in [-0.2, -0.15) is 0 Å². The van der Waals surface area contributed by atoms with Crippen LogP contribution in [0, 0.1) is 0 Å². The summed E-state index contributed by atoms with van der Waals surface area (Å²) >= 11 is 13.5. The van der Waals surface area contributed by atoms with Crippen LogP contribution < -0.4 is 10.2 Å². The number of carbonyl (C=O) groups is 1. The minimum atomic E-state index is -0.640. The van der Waals surface area contributed by atoms with E-state index in [1.54, 1.807) is 53.9 Å². The molecule has 0 fully saturated rings. The number of hydrogen-bond donors (Lipinski definition) is 0. The Morgan fingerprint density at radius 3 is 2.59 bits per heavy atom. The maximum atomic E-state index is 13.0. The lowest BCUT2D eigenvalue weighted by atomic mass is 10.1. The van der Waals surface area contributed by atoms with Crippen LogP contribution in [0.5, 0.6) is 5.75 Å². The zero-order valence-electron chi connectivity index (χ0n) is 13.6. The Hall–Kier alpha value is -2.60. The lowest BCUT2D eigenvalue weighted by molar-refractivity contribution is 0.0736. The van der Waals surface area contributed by atoms with Gasteiger partial charge in [-0.3, -0.25) is 4.79 Å². The normalized spacial score (nSPS) is 10.9. The largest absolute Gasteiger partial charge is 0.452 e. The van der Waals surface area contributed by atoms with Gasteiger partial charge in [-0.15, -0.1) is 11.3 Å². The standard InChI is InChI=1S/C20H10Cl2O4S/c21-11-7-8-12(14(22)10-11)18-19(26-20(24)16-6-3-9-27-16)17(23)13-4-1-2-5-15(13)25-18/h1-10H. The van der Waals surface area contributed by atoms with Gasteiger partial charge in [0, 0.05) is 10.6 Å². The Morgan fingerprint density at radius 2 is 1.85 bits per heavy atom. The van der Waals surface area contributed by atoms with Crippen molar-refractivity contribution < 1.29 is 13.9 Å². The summed E-state index contributed by atoms with van der Waals surface area (Å²) in [7, 11) is 0. The van der Waals surface area contributed by atoms with Gasteiger partial charge in [0.15, 0.2) is 5.76 Å². The van der Waals surface area contributed by atoms with E-state index in [0.717, 1.165) is 0 Å². The predicted octanol–water partition coefficient (Wildman–Crippen LogP) is 6.05. The zero-order chi connectivity index (χ0) is 19.0. The minimum Gasteiger partial charge on any atom is -0.452 e. The van der Waals surface area contributed by atoms with Crippen molar-refractivity contribution in [3.63, 3.8) is 0 Å². The molecule has 4 rings (SSSR count). The summed E-state index contributed by atoms with van der Waals surface area (Å²) in [6, 6.07) is 14.8. The summed E-state index contributed by atoms with van der Waals surface area (Å²) in [5, 5.41) is 2.76. The Kier molecular flexibility index (Phi) is 4.74. The molecular weight excluding hydrogens is 407 g/mol. The summed E-state index contributed by atoms with van der Waals surface area (Å²) in [5.74, 6) is -0.777. The van der Waals surface area contributed by atoms with Crippen molar-refractivity contribution in [3.8, 4) is 17.1 Å². The highest BCUT2D eigenvalue weighted by atomic mass is 35.5. The number of thiophene rings is 1. The number of carbonyl (C=O) groups excluding carboxylic acids is 1. The number of esters is 1. The molecule has 0 radical (unpaired) electrons. The van der Waals surface area contributed by atoms with Crippen LogP contribution in [0.15, 0.2) is 69.2 Å². The van der Waals surface area contributed by atoms with Crippen molar-refractivity contribution in [3.05, 3.63) is 85.1 Å². The second kappa shape index (κ2) is 7.19. The molecule has 0 unspecified atom stereocenters. The molecule has 0 spiro atoms. The summed E-state index contributed by atoms with van der Waals surface area (Å²) < 4.78 is 11.3. The van der Waals surface area contributed by atoms with Gasteiger partial charge in [-0.1, -0.05) is 41.4 Å². The fraction of sp³-hybridized carbons (Fsp3) is 0. The molecule has 0 aliphatic heterocycles. The van der Waals surface area contributed by atoms with Crippen LogP contribution >= 0.6 is 34.5 Å². The van der Waals surface area contributed by atoms with Crippen molar-refractivity contribution in [2.45, 2.75) is 0 Å². The fourth-order valence-corrected chi connectivity index (χ4v) is 3.70. The third-order valence-electron chi connectivity index (χ3n) is 3.85. The molecule has 4 nitrogen and oxygen atoms in total. The molecule has 2 aromatic carbocycles. The Morgan fingerprint density at radius 1 is 1.04 bits per heavy atom. The number of fused-ring (bicyclic) bond motifs is 1. The van der Waals surface area contributed by atoms with E-state index in [1.165, 1.54) is 17.4 Å². The molecule has 0 N–H and O–H groups in total. The van der Waals surface area contributed by atoms with Crippen molar-refractivity contribution in [2.24, 2.45) is 0 Å². The van der Waals surface area contributed by atoms with Gasteiger partial charge in [-0.05, 0) is 41.8 Å². The van der Waals surface area contributed by atoms with Gasteiger partial charge in [0.2, 0.25) is 11.2 Å². The molecule has 134 valence electrons. The van der Waals surface area contributed by atoms with Crippen molar-refractivity contribution in [2.75, 3.05) is 0 Å². The van der Waals surface area contributed by atoms with Gasteiger partial charge in [-0.25, -0.2) is 4.79 Å². The van der Waals surface area contributed by atoms with Crippen LogP contribution in [0.2, 0.25) is 10.0 Å². The maximum Gasteiger partial charge on any atom is 0.353 e. The Labute approximate surface area is 167 Å². The van der Waals surface area contributed by atoms with E-state index in [0.29, 0.717) is 26.4 Å². The number of ether oxygens (including phenoxy) is 1. The summed E-state index contributed by atoms with van der Waals surface area (Å²) in [5.41, 5.74) is 0.306. The van der Waals surface area contributed by atoms with Crippen LogP contribution in [-0.2, 0) is 0 Å². The molecule has 4 aromatic rings. The monoisotopic (exact) mass is 416 g/mol. The molecule has 2 heterocycles. The van der Waals surface area contributed by atoms with Gasteiger partial charge in [0.25, 0.3) is 0 Å². The third kappa shape index (κ3) is 3.37. The van der Waals surface area contributed by atoms with Crippen molar-refractivity contribution in [1.82, 2.24) is 0 Å². The molecule has 0 saturated carbocycles. The maximum absolute atomic E-state index is 13.0. The van der Waals surface area contributed by atoms with Crippen LogP contribution in [0.1, 0.15) is 9.67 Å². The number of rotatable bonds is 3. The fourth-order valence-electron chi connectivity index (χ4n) is 2.61. The van der Waals surface area contributed by atoms with E-state index >= 15 is 0 Å². The van der Waals surface area contributed by atoms with Gasteiger partial charge >= 0.3 is 5.97 Å². The number of hydrogen-bond acceptors (Lipinski definition) is 5. The van der Waals surface area contributed by atoms with E-state index in [1.807, 2.05) is 0 Å². The zero-order valence-corrected chi connectivity index (χ0v) is 15.9. The van der Waals surface area contributed by atoms with Crippen LogP contribution in [0.25, 0.3) is 22.3 Å². The lowest BCUT2D eigenvalue weighted by Crippen LogP contribution is -2.15. The highest BCUT2D eigenvalue weighted by Gasteiger charge is 2.23. The summed E-state index contributed by atoms with van der Waals surface area (Å²) in [4.78, 5) is 25.8. The number of para-hydroxylation sites is 1. The van der Waals surface area contributed by atoms with Crippen molar-refractivity contribution in [1.29, 1.82) is 0 Å².